The summed E-state index contributed by atoms with van der Waals surface area (Å²) in [6, 6.07) is 3.33. The molecule has 2 amide bonds. The van der Waals surface area contributed by atoms with E-state index in [1.54, 1.807) is 26.0 Å². The molecule has 1 aliphatic rings. The topological polar surface area (TPSA) is 144 Å². The summed E-state index contributed by atoms with van der Waals surface area (Å²) in [7, 11) is 0. The van der Waals surface area contributed by atoms with E-state index in [9.17, 15) is 19.5 Å². The summed E-state index contributed by atoms with van der Waals surface area (Å²) in [4.78, 5) is 41.2. The van der Waals surface area contributed by atoms with Gasteiger partial charge in [0.2, 0.25) is 11.7 Å². The fourth-order valence-corrected chi connectivity index (χ4v) is 4.26. The third-order valence-electron chi connectivity index (χ3n) is 6.09. The minimum Gasteiger partial charge on any atom is -0.481 e. The van der Waals surface area contributed by atoms with Crippen molar-refractivity contribution in [3.05, 3.63) is 23.5 Å². The number of carbonyl (C=O) groups excluding carboxylic acids is 2. The number of ether oxygens (including phenoxy) is 1. The Labute approximate surface area is 198 Å². The molecule has 3 rings (SSSR count). The lowest BCUT2D eigenvalue weighted by Crippen LogP contribution is -2.36. The van der Waals surface area contributed by atoms with Gasteiger partial charge < -0.3 is 19.7 Å². The molecule has 184 valence electrons. The largest absolute Gasteiger partial charge is 0.481 e. The van der Waals surface area contributed by atoms with Gasteiger partial charge in [-0.3, -0.25) is 14.9 Å². The fraction of sp³-hybridized carbons (Fsp3) is 0.542. The first-order valence-corrected chi connectivity index (χ1v) is 11.7. The van der Waals surface area contributed by atoms with Crippen molar-refractivity contribution in [1.29, 1.82) is 0 Å². The van der Waals surface area contributed by atoms with Crippen LogP contribution in [0, 0.1) is 25.7 Å². The maximum Gasteiger partial charge on any atom is 0.412 e. The van der Waals surface area contributed by atoms with Crippen LogP contribution >= 0.6 is 0 Å². The number of anilines is 2. The van der Waals surface area contributed by atoms with E-state index in [1.807, 2.05) is 13.8 Å². The second-order valence-corrected chi connectivity index (χ2v) is 8.76. The molecule has 34 heavy (non-hydrogen) atoms. The lowest BCUT2D eigenvalue weighted by molar-refractivity contribution is -0.147. The van der Waals surface area contributed by atoms with Crippen molar-refractivity contribution in [2.75, 3.05) is 10.6 Å². The van der Waals surface area contributed by atoms with Gasteiger partial charge in [0, 0.05) is 0 Å². The number of rotatable bonds is 8. The summed E-state index contributed by atoms with van der Waals surface area (Å²) in [6.07, 6.45) is 3.53. The second kappa shape index (κ2) is 11.1. The van der Waals surface area contributed by atoms with Crippen molar-refractivity contribution >= 4 is 29.3 Å². The number of aryl methyl sites for hydroxylation is 2. The Hall–Kier alpha value is -3.43. The van der Waals surface area contributed by atoms with E-state index < -0.39 is 23.9 Å². The molecule has 2 aromatic rings. The monoisotopic (exact) mass is 472 g/mol. The molecule has 0 radical (unpaired) electrons. The van der Waals surface area contributed by atoms with E-state index in [-0.39, 0.29) is 17.8 Å². The van der Waals surface area contributed by atoms with Crippen LogP contribution in [-0.2, 0) is 14.3 Å². The van der Waals surface area contributed by atoms with Crippen LogP contribution in [0.1, 0.15) is 63.8 Å². The summed E-state index contributed by atoms with van der Waals surface area (Å²) in [6.45, 7) is 7.27. The number of aromatic nitrogens is 2. The average Bonchev–Trinajstić information content (AvgIpc) is 3.15. The van der Waals surface area contributed by atoms with Crippen LogP contribution in [0.4, 0.5) is 16.2 Å². The van der Waals surface area contributed by atoms with Crippen molar-refractivity contribution in [3.63, 3.8) is 0 Å². The molecular weight excluding hydrogens is 440 g/mol. The van der Waals surface area contributed by atoms with Crippen molar-refractivity contribution in [3.8, 4) is 11.5 Å². The molecule has 3 atom stereocenters. The van der Waals surface area contributed by atoms with Crippen molar-refractivity contribution in [1.82, 2.24) is 10.1 Å². The molecule has 2 unspecified atom stereocenters. The average molecular weight is 473 g/mol. The molecular formula is C24H32N4O6. The molecule has 3 N–H and O–H groups in total. The Morgan fingerprint density at radius 2 is 1.85 bits per heavy atom. The quantitative estimate of drug-likeness (QED) is 0.491. The Kier molecular flexibility index (Phi) is 8.25. The number of carbonyl (C=O) groups is 3. The van der Waals surface area contributed by atoms with Gasteiger partial charge in [-0.2, -0.15) is 0 Å². The maximum absolute atomic E-state index is 12.8. The first kappa shape index (κ1) is 25.2. The summed E-state index contributed by atoms with van der Waals surface area (Å²) < 4.78 is 10.8. The molecule has 0 aliphatic heterocycles. The molecule has 1 saturated carbocycles. The Bertz CT molecular complexity index is 1050. The molecule has 0 bridgehead atoms. The first-order chi connectivity index (χ1) is 16.2. The number of aliphatic carboxylic acids is 1. The molecule has 0 aromatic carbocycles. The number of pyridine rings is 1. The molecule has 0 saturated heterocycles. The summed E-state index contributed by atoms with van der Waals surface area (Å²) >= 11 is 0. The van der Waals surface area contributed by atoms with Crippen molar-refractivity contribution in [2.24, 2.45) is 11.8 Å². The molecule has 1 aliphatic carbocycles. The summed E-state index contributed by atoms with van der Waals surface area (Å²) in [5, 5.41) is 18.9. The highest BCUT2D eigenvalue weighted by atomic mass is 16.6. The van der Waals surface area contributed by atoms with Crippen LogP contribution in [0.5, 0.6) is 0 Å². The van der Waals surface area contributed by atoms with Crippen LogP contribution in [0.15, 0.2) is 16.7 Å². The van der Waals surface area contributed by atoms with Crippen molar-refractivity contribution in [2.45, 2.75) is 72.3 Å². The third kappa shape index (κ3) is 5.92. The predicted molar refractivity (Wildman–Crippen MR) is 125 cm³/mol. The number of hydrogen-bond acceptors (Lipinski definition) is 7. The standard InChI is InChI=1S/C24H32N4O6/c1-5-8-13(2)33-24(32)27-20-15(4)28-34-21(20)19-12-11-18(14(3)25-19)26-22(29)16-9-6-7-10-17(16)23(30)31/h11-13,16-17H,5-10H2,1-4H3,(H,26,29)(H,27,32)(H,30,31)/t13-,16?,17?/m1/s1. The first-order valence-electron chi connectivity index (χ1n) is 11.7. The zero-order chi connectivity index (χ0) is 24.8. The Balaban J connectivity index is 1.75. The van der Waals surface area contributed by atoms with Gasteiger partial charge in [0.05, 0.1) is 23.2 Å². The summed E-state index contributed by atoms with van der Waals surface area (Å²) in [5.74, 6) is -2.22. The van der Waals surface area contributed by atoms with Crippen LogP contribution in [0.3, 0.4) is 0 Å². The molecule has 1 fully saturated rings. The highest BCUT2D eigenvalue weighted by molar-refractivity contribution is 5.96. The number of carboxylic acids is 1. The number of amides is 2. The zero-order valence-electron chi connectivity index (χ0n) is 20.0. The SMILES string of the molecule is CCC[C@@H](C)OC(=O)Nc1c(C)noc1-c1ccc(NC(=O)C2CCCCC2C(=O)O)c(C)n1. The minimum absolute atomic E-state index is 0.221. The molecule has 2 aromatic heterocycles. The normalized spacial score (nSPS) is 18.7. The highest BCUT2D eigenvalue weighted by Gasteiger charge is 2.36. The van der Waals surface area contributed by atoms with E-state index in [1.165, 1.54) is 0 Å². The van der Waals surface area contributed by atoms with Gasteiger partial charge in [0.15, 0.2) is 0 Å². The number of carboxylic acid groups (broad SMARTS) is 1. The van der Waals surface area contributed by atoms with Gasteiger partial charge in [-0.05, 0) is 52.2 Å². The smallest absolute Gasteiger partial charge is 0.412 e. The number of hydrogen-bond donors (Lipinski definition) is 3. The Morgan fingerprint density at radius 3 is 2.50 bits per heavy atom. The lowest BCUT2D eigenvalue weighted by atomic mass is 9.78. The van der Waals surface area contributed by atoms with E-state index in [4.69, 9.17) is 9.26 Å². The van der Waals surface area contributed by atoms with Gasteiger partial charge in [-0.1, -0.05) is 31.3 Å². The number of nitrogens with zero attached hydrogens (tertiary/aromatic N) is 2. The number of nitrogens with one attached hydrogen (secondary N) is 2. The van der Waals surface area contributed by atoms with Crippen molar-refractivity contribution < 1.29 is 28.8 Å². The van der Waals surface area contributed by atoms with Gasteiger partial charge in [0.25, 0.3) is 0 Å². The zero-order valence-corrected chi connectivity index (χ0v) is 20.0. The van der Waals surface area contributed by atoms with Gasteiger partial charge in [0.1, 0.15) is 23.2 Å². The maximum atomic E-state index is 12.8. The Morgan fingerprint density at radius 1 is 1.15 bits per heavy atom. The van der Waals surface area contributed by atoms with E-state index in [2.05, 4.69) is 20.8 Å². The predicted octanol–water partition coefficient (Wildman–Crippen LogP) is 4.92. The van der Waals surface area contributed by atoms with E-state index in [0.717, 1.165) is 25.7 Å². The minimum atomic E-state index is -0.937. The van der Waals surface area contributed by atoms with Gasteiger partial charge in [-0.25, -0.2) is 9.78 Å². The second-order valence-electron chi connectivity index (χ2n) is 8.76. The molecule has 0 spiro atoms. The van der Waals surface area contributed by atoms with Crippen LogP contribution in [0.25, 0.3) is 11.5 Å². The van der Waals surface area contributed by atoms with Crippen LogP contribution in [0.2, 0.25) is 0 Å². The van der Waals surface area contributed by atoms with E-state index in [0.29, 0.717) is 41.3 Å². The fourth-order valence-electron chi connectivity index (χ4n) is 4.26. The highest BCUT2D eigenvalue weighted by Crippen LogP contribution is 2.33. The van der Waals surface area contributed by atoms with Crippen LogP contribution < -0.4 is 10.6 Å². The van der Waals surface area contributed by atoms with Crippen LogP contribution in [-0.4, -0.2) is 39.3 Å². The van der Waals surface area contributed by atoms with E-state index >= 15 is 0 Å². The lowest BCUT2D eigenvalue weighted by Gasteiger charge is -2.27. The molecule has 10 nitrogen and oxygen atoms in total. The third-order valence-corrected chi connectivity index (χ3v) is 6.09. The molecule has 2 heterocycles. The van der Waals surface area contributed by atoms with Gasteiger partial charge in [-0.15, -0.1) is 0 Å². The molecule has 10 heteroatoms. The summed E-state index contributed by atoms with van der Waals surface area (Å²) in [5.41, 5.74) is 2.27. The van der Waals surface area contributed by atoms with Gasteiger partial charge >= 0.3 is 12.1 Å².